The molecule has 0 amide bonds. The van der Waals surface area contributed by atoms with Crippen LogP contribution in [-0.4, -0.2) is 12.1 Å². The predicted octanol–water partition coefficient (Wildman–Crippen LogP) is 8.18. The normalized spacial score (nSPS) is 57.2. The molecule has 5 aliphatic rings. The molecule has 1 heterocycles. The minimum Gasteiger partial charge on any atom is -0.462 e. The van der Waals surface area contributed by atoms with Crippen LogP contribution in [0.2, 0.25) is 0 Å². The summed E-state index contributed by atoms with van der Waals surface area (Å²) in [4.78, 5) is 12.4. The van der Waals surface area contributed by atoms with Gasteiger partial charge in [-0.15, -0.1) is 0 Å². The highest BCUT2D eigenvalue weighted by atomic mass is 16.5. The van der Waals surface area contributed by atoms with E-state index in [0.717, 1.165) is 18.3 Å². The van der Waals surface area contributed by atoms with Gasteiger partial charge in [-0.3, -0.25) is 4.79 Å². The van der Waals surface area contributed by atoms with Gasteiger partial charge in [0.05, 0.1) is 0 Å². The second kappa shape index (κ2) is 6.78. The molecular weight excluding hydrogens is 392 g/mol. The van der Waals surface area contributed by atoms with E-state index in [1.807, 2.05) is 0 Å². The molecule has 1 saturated heterocycles. The lowest BCUT2D eigenvalue weighted by atomic mass is 9.31. The molecule has 5 fully saturated rings. The fraction of sp³-hybridized carbons (Fsp3) is 0.967. The van der Waals surface area contributed by atoms with E-state index in [1.54, 1.807) is 0 Å². The summed E-state index contributed by atoms with van der Waals surface area (Å²) in [6, 6.07) is 0. The van der Waals surface area contributed by atoms with Gasteiger partial charge in [-0.25, -0.2) is 0 Å². The summed E-state index contributed by atoms with van der Waals surface area (Å²) in [5.41, 5.74) is 2.36. The van der Waals surface area contributed by atoms with Crippen molar-refractivity contribution >= 4 is 5.97 Å². The second-order valence-electron chi connectivity index (χ2n) is 15.2. The van der Waals surface area contributed by atoms with Crippen LogP contribution in [-0.2, 0) is 9.53 Å². The zero-order valence-corrected chi connectivity index (χ0v) is 22.4. The zero-order valence-electron chi connectivity index (χ0n) is 22.4. The molecule has 5 rings (SSSR count). The van der Waals surface area contributed by atoms with Crippen molar-refractivity contribution in [1.82, 2.24) is 0 Å². The molecular formula is C30H50O2. The number of esters is 1. The average Bonchev–Trinajstić information content (AvgIpc) is 2.82. The van der Waals surface area contributed by atoms with Crippen molar-refractivity contribution in [3.63, 3.8) is 0 Å². The molecule has 182 valence electrons. The van der Waals surface area contributed by atoms with Crippen LogP contribution in [0.1, 0.15) is 126 Å². The van der Waals surface area contributed by atoms with Crippen molar-refractivity contribution in [2.45, 2.75) is 132 Å². The highest BCUT2D eigenvalue weighted by Crippen LogP contribution is 2.77. The van der Waals surface area contributed by atoms with Crippen LogP contribution in [0.25, 0.3) is 0 Å². The van der Waals surface area contributed by atoms with Gasteiger partial charge in [0.15, 0.2) is 0 Å². The van der Waals surface area contributed by atoms with Gasteiger partial charge in [-0.1, -0.05) is 48.5 Å². The summed E-state index contributed by atoms with van der Waals surface area (Å²) in [5, 5.41) is 0. The smallest absolute Gasteiger partial charge is 0.306 e. The van der Waals surface area contributed by atoms with Crippen LogP contribution >= 0.6 is 0 Å². The maximum absolute atomic E-state index is 12.4. The van der Waals surface area contributed by atoms with E-state index in [2.05, 4.69) is 55.4 Å². The number of cyclic esters (lactones) is 1. The Morgan fingerprint density at radius 2 is 1.31 bits per heavy atom. The highest BCUT2D eigenvalue weighted by molar-refractivity contribution is 5.70. The summed E-state index contributed by atoms with van der Waals surface area (Å²) in [5.74, 6) is 2.28. The molecule has 0 aromatic heterocycles. The lowest BCUT2D eigenvalue weighted by molar-refractivity contribution is -0.255. The lowest BCUT2D eigenvalue weighted by Crippen LogP contribution is -2.67. The summed E-state index contributed by atoms with van der Waals surface area (Å²) >= 11 is 0. The van der Waals surface area contributed by atoms with Crippen LogP contribution in [0.5, 0.6) is 0 Å². The van der Waals surface area contributed by atoms with Crippen LogP contribution in [0, 0.1) is 50.2 Å². The monoisotopic (exact) mass is 442 g/mol. The summed E-state index contributed by atoms with van der Waals surface area (Å²) in [6.45, 7) is 20.5. The number of ether oxygens (including phenoxy) is 1. The Labute approximate surface area is 198 Å². The molecule has 0 aromatic rings. The first-order valence-corrected chi connectivity index (χ1v) is 13.9. The van der Waals surface area contributed by atoms with Gasteiger partial charge in [-0.2, -0.15) is 0 Å². The fourth-order valence-electron chi connectivity index (χ4n) is 10.9. The molecule has 0 bridgehead atoms. The standard InChI is InChI=1S/C30H50O2/c1-20-27(5)12-11-22-28(6,21(27)9-10-24(31)32-20)16-18-30(8)23-19-25(2,3)13-14-26(23,4)15-17-29(22,30)7/h20-23H,9-19H2,1-8H3/t20-,21-,22?,23-,26-,27-,28+,29-,30+/m1/s1. The summed E-state index contributed by atoms with van der Waals surface area (Å²) in [6.07, 6.45) is 14.1. The summed E-state index contributed by atoms with van der Waals surface area (Å²) < 4.78 is 5.93. The minimum atomic E-state index is 0.0398. The first-order valence-electron chi connectivity index (χ1n) is 13.9. The molecule has 0 spiro atoms. The number of rotatable bonds is 0. The Bertz CT molecular complexity index is 801. The minimum absolute atomic E-state index is 0.0398. The largest absolute Gasteiger partial charge is 0.462 e. The first-order chi connectivity index (χ1) is 14.7. The number of carbonyl (C=O) groups excluding carboxylic acids is 1. The van der Waals surface area contributed by atoms with E-state index in [4.69, 9.17) is 4.74 Å². The van der Waals surface area contributed by atoms with E-state index < -0.39 is 0 Å². The third-order valence-corrected chi connectivity index (χ3v) is 13.4. The molecule has 1 unspecified atom stereocenters. The van der Waals surface area contributed by atoms with E-state index in [1.165, 1.54) is 57.8 Å². The number of hydrogen-bond donors (Lipinski definition) is 0. The van der Waals surface area contributed by atoms with Crippen molar-refractivity contribution in [3.8, 4) is 0 Å². The number of fused-ring (bicyclic) bond motifs is 7. The maximum Gasteiger partial charge on any atom is 0.306 e. The Morgan fingerprint density at radius 3 is 2.03 bits per heavy atom. The van der Waals surface area contributed by atoms with Crippen LogP contribution in [0.3, 0.4) is 0 Å². The lowest BCUT2D eigenvalue weighted by Gasteiger charge is -2.74. The Hall–Kier alpha value is -0.530. The predicted molar refractivity (Wildman–Crippen MR) is 131 cm³/mol. The van der Waals surface area contributed by atoms with Gasteiger partial charge in [0.2, 0.25) is 0 Å². The zero-order chi connectivity index (χ0) is 23.4. The molecule has 2 nitrogen and oxygen atoms in total. The second-order valence-corrected chi connectivity index (χ2v) is 15.2. The van der Waals surface area contributed by atoms with Crippen molar-refractivity contribution in [2.24, 2.45) is 50.2 Å². The third kappa shape index (κ3) is 2.85. The van der Waals surface area contributed by atoms with Gasteiger partial charge < -0.3 is 4.74 Å². The van der Waals surface area contributed by atoms with Gasteiger partial charge in [0, 0.05) is 11.8 Å². The van der Waals surface area contributed by atoms with E-state index >= 15 is 0 Å². The van der Waals surface area contributed by atoms with E-state index in [9.17, 15) is 4.79 Å². The molecule has 9 atom stereocenters. The van der Waals surface area contributed by atoms with Crippen LogP contribution < -0.4 is 0 Å². The highest BCUT2D eigenvalue weighted by Gasteiger charge is 2.70. The third-order valence-electron chi connectivity index (χ3n) is 13.4. The van der Waals surface area contributed by atoms with Crippen LogP contribution in [0.4, 0.5) is 0 Å². The van der Waals surface area contributed by atoms with Gasteiger partial charge in [0.1, 0.15) is 6.10 Å². The average molecular weight is 443 g/mol. The van der Waals surface area contributed by atoms with Crippen molar-refractivity contribution in [1.29, 1.82) is 0 Å². The molecule has 0 radical (unpaired) electrons. The van der Waals surface area contributed by atoms with Gasteiger partial charge >= 0.3 is 5.97 Å². The Morgan fingerprint density at radius 1 is 0.688 bits per heavy atom. The maximum atomic E-state index is 12.4. The van der Waals surface area contributed by atoms with E-state index in [-0.39, 0.29) is 17.5 Å². The molecule has 2 heteroatoms. The fourth-order valence-corrected chi connectivity index (χ4v) is 10.9. The van der Waals surface area contributed by atoms with Crippen molar-refractivity contribution in [3.05, 3.63) is 0 Å². The molecule has 32 heavy (non-hydrogen) atoms. The topological polar surface area (TPSA) is 26.3 Å². The number of carbonyl (C=O) groups is 1. The molecule has 1 aliphatic heterocycles. The SMILES string of the molecule is C[C@H]1OC(=O)CC[C@@H]2[C@]1(C)CCC1[C@@]2(C)CC[C@@]2(C)[C@@H]3CC(C)(C)CC[C@]3(C)CC[C@]12C. The van der Waals surface area contributed by atoms with E-state index in [0.29, 0.717) is 39.4 Å². The van der Waals surface area contributed by atoms with Crippen molar-refractivity contribution < 1.29 is 9.53 Å². The Kier molecular flexibility index (Phi) is 4.92. The molecule has 4 saturated carbocycles. The van der Waals surface area contributed by atoms with Crippen LogP contribution in [0.15, 0.2) is 0 Å². The molecule has 0 aromatic carbocycles. The Balaban J connectivity index is 1.55. The van der Waals surface area contributed by atoms with Gasteiger partial charge in [-0.05, 0) is 116 Å². The molecule has 0 N–H and O–H groups in total. The van der Waals surface area contributed by atoms with Gasteiger partial charge in [0.25, 0.3) is 0 Å². The van der Waals surface area contributed by atoms with Crippen molar-refractivity contribution in [2.75, 3.05) is 0 Å². The summed E-state index contributed by atoms with van der Waals surface area (Å²) in [7, 11) is 0. The first kappa shape index (κ1) is 23.2. The number of hydrogen-bond acceptors (Lipinski definition) is 2. The molecule has 4 aliphatic carbocycles. The quantitative estimate of drug-likeness (QED) is 0.353.